The molecule has 5 heteroatoms. The molecule has 0 spiro atoms. The fourth-order valence-corrected chi connectivity index (χ4v) is 1.83. The number of nitrogens with zero attached hydrogens (tertiary/aromatic N) is 4. The van der Waals surface area contributed by atoms with Crippen molar-refractivity contribution in [2.45, 2.75) is 20.3 Å². The van der Waals surface area contributed by atoms with E-state index in [1.54, 1.807) is 6.20 Å². The van der Waals surface area contributed by atoms with Crippen molar-refractivity contribution in [2.75, 3.05) is 12.4 Å². The van der Waals surface area contributed by atoms with Crippen LogP contribution in [-0.2, 0) is 13.5 Å². The van der Waals surface area contributed by atoms with Crippen molar-refractivity contribution in [1.29, 1.82) is 0 Å². The Bertz CT molecular complexity index is 530. The molecule has 0 fully saturated rings. The Morgan fingerprint density at radius 3 is 2.67 bits per heavy atom. The van der Waals surface area contributed by atoms with Crippen LogP contribution in [0.5, 0.6) is 0 Å². The number of hydrogen-bond donors (Lipinski definition) is 1. The molecule has 1 N–H and O–H groups in total. The maximum absolute atomic E-state index is 4.59. The van der Waals surface area contributed by atoms with Gasteiger partial charge in [0.2, 0.25) is 0 Å². The average Bonchev–Trinajstić information content (AvgIpc) is 2.74. The van der Waals surface area contributed by atoms with Gasteiger partial charge in [0.15, 0.2) is 11.6 Å². The summed E-state index contributed by atoms with van der Waals surface area (Å²) in [6.07, 6.45) is 4.59. The standard InChI is InChI=1S/C13H19N5/c1-9(2)7-10-8-11(14-3)17-12(16-10)13-15-5-6-18(13)4/h5-6,8-9H,7H2,1-4H3,(H,14,16,17). The van der Waals surface area contributed by atoms with Crippen LogP contribution in [0.1, 0.15) is 19.5 Å². The first-order valence-corrected chi connectivity index (χ1v) is 6.13. The number of rotatable bonds is 4. The van der Waals surface area contributed by atoms with Crippen molar-refractivity contribution in [1.82, 2.24) is 19.5 Å². The van der Waals surface area contributed by atoms with E-state index in [1.165, 1.54) is 0 Å². The lowest BCUT2D eigenvalue weighted by atomic mass is 10.1. The molecule has 0 aromatic carbocycles. The smallest absolute Gasteiger partial charge is 0.198 e. The molecular formula is C13H19N5. The quantitative estimate of drug-likeness (QED) is 0.896. The van der Waals surface area contributed by atoms with Gasteiger partial charge in [-0.2, -0.15) is 0 Å². The Hall–Kier alpha value is -1.91. The van der Waals surface area contributed by atoms with Crippen molar-refractivity contribution in [3.05, 3.63) is 24.2 Å². The van der Waals surface area contributed by atoms with E-state index in [1.807, 2.05) is 30.9 Å². The Morgan fingerprint density at radius 2 is 2.11 bits per heavy atom. The maximum atomic E-state index is 4.59. The molecule has 0 aliphatic rings. The van der Waals surface area contributed by atoms with Gasteiger partial charge in [-0.25, -0.2) is 15.0 Å². The van der Waals surface area contributed by atoms with Crippen LogP contribution in [0.4, 0.5) is 5.82 Å². The van der Waals surface area contributed by atoms with E-state index in [4.69, 9.17) is 0 Å². The van der Waals surface area contributed by atoms with Crippen LogP contribution in [-0.4, -0.2) is 26.6 Å². The summed E-state index contributed by atoms with van der Waals surface area (Å²) in [6.45, 7) is 4.36. The van der Waals surface area contributed by atoms with Gasteiger partial charge in [0, 0.05) is 38.2 Å². The summed E-state index contributed by atoms with van der Waals surface area (Å²) in [5.74, 6) is 2.86. The van der Waals surface area contributed by atoms with E-state index in [-0.39, 0.29) is 0 Å². The van der Waals surface area contributed by atoms with Crippen LogP contribution in [0.25, 0.3) is 11.6 Å². The van der Waals surface area contributed by atoms with Crippen LogP contribution in [0.3, 0.4) is 0 Å². The second-order valence-corrected chi connectivity index (χ2v) is 4.78. The topological polar surface area (TPSA) is 55.6 Å². The predicted octanol–water partition coefficient (Wildman–Crippen LogP) is 2.12. The number of anilines is 1. The summed E-state index contributed by atoms with van der Waals surface area (Å²) in [6, 6.07) is 1.99. The van der Waals surface area contributed by atoms with E-state index in [9.17, 15) is 0 Å². The van der Waals surface area contributed by atoms with Gasteiger partial charge in [-0.15, -0.1) is 0 Å². The predicted molar refractivity (Wildman–Crippen MR) is 72.3 cm³/mol. The lowest BCUT2D eigenvalue weighted by molar-refractivity contribution is 0.634. The fraction of sp³-hybridized carbons (Fsp3) is 0.462. The summed E-state index contributed by atoms with van der Waals surface area (Å²) in [4.78, 5) is 13.3. The molecule has 0 unspecified atom stereocenters. The van der Waals surface area contributed by atoms with Crippen molar-refractivity contribution in [3.8, 4) is 11.6 Å². The van der Waals surface area contributed by atoms with E-state index in [0.717, 1.165) is 23.8 Å². The van der Waals surface area contributed by atoms with Crippen molar-refractivity contribution in [3.63, 3.8) is 0 Å². The molecule has 0 aliphatic carbocycles. The Morgan fingerprint density at radius 1 is 1.33 bits per heavy atom. The van der Waals surface area contributed by atoms with Gasteiger partial charge in [0.1, 0.15) is 5.82 Å². The van der Waals surface area contributed by atoms with E-state index < -0.39 is 0 Å². The molecule has 0 amide bonds. The van der Waals surface area contributed by atoms with Gasteiger partial charge in [0.05, 0.1) is 0 Å². The third kappa shape index (κ3) is 2.67. The minimum atomic E-state index is 0.568. The van der Waals surface area contributed by atoms with Gasteiger partial charge < -0.3 is 9.88 Å². The highest BCUT2D eigenvalue weighted by molar-refractivity contribution is 5.49. The molecule has 18 heavy (non-hydrogen) atoms. The molecule has 0 aliphatic heterocycles. The van der Waals surface area contributed by atoms with Gasteiger partial charge in [-0.05, 0) is 12.3 Å². The second kappa shape index (κ2) is 5.16. The third-order valence-electron chi connectivity index (χ3n) is 2.67. The van der Waals surface area contributed by atoms with Gasteiger partial charge in [0.25, 0.3) is 0 Å². The third-order valence-corrected chi connectivity index (χ3v) is 2.67. The fourth-order valence-electron chi connectivity index (χ4n) is 1.83. The summed E-state index contributed by atoms with van der Waals surface area (Å²) < 4.78 is 1.92. The van der Waals surface area contributed by atoms with Crippen LogP contribution in [0.15, 0.2) is 18.5 Å². The summed E-state index contributed by atoms with van der Waals surface area (Å²) >= 11 is 0. The van der Waals surface area contributed by atoms with Gasteiger partial charge in [-0.1, -0.05) is 13.8 Å². The van der Waals surface area contributed by atoms with Crippen LogP contribution in [0.2, 0.25) is 0 Å². The largest absolute Gasteiger partial charge is 0.373 e. The van der Waals surface area contributed by atoms with Crippen molar-refractivity contribution >= 4 is 5.82 Å². The lowest BCUT2D eigenvalue weighted by Gasteiger charge is -2.09. The lowest BCUT2D eigenvalue weighted by Crippen LogP contribution is -2.05. The minimum absolute atomic E-state index is 0.568. The number of aryl methyl sites for hydroxylation is 1. The van der Waals surface area contributed by atoms with E-state index >= 15 is 0 Å². The molecular weight excluding hydrogens is 226 g/mol. The highest BCUT2D eigenvalue weighted by Crippen LogP contribution is 2.17. The molecule has 2 heterocycles. The second-order valence-electron chi connectivity index (χ2n) is 4.78. The molecule has 2 aromatic rings. The number of hydrogen-bond acceptors (Lipinski definition) is 4. The van der Waals surface area contributed by atoms with Crippen molar-refractivity contribution in [2.24, 2.45) is 13.0 Å². The number of imidazole rings is 1. The SMILES string of the molecule is CNc1cc(CC(C)C)nc(-c2nccn2C)n1. The minimum Gasteiger partial charge on any atom is -0.373 e. The summed E-state index contributed by atoms with van der Waals surface area (Å²) in [5.41, 5.74) is 1.04. The number of nitrogens with one attached hydrogen (secondary N) is 1. The first-order valence-electron chi connectivity index (χ1n) is 6.13. The van der Waals surface area contributed by atoms with E-state index in [2.05, 4.69) is 34.1 Å². The Balaban J connectivity index is 2.44. The zero-order chi connectivity index (χ0) is 13.1. The van der Waals surface area contributed by atoms with Crippen molar-refractivity contribution < 1.29 is 0 Å². The molecule has 2 rings (SSSR count). The van der Waals surface area contributed by atoms with Gasteiger partial charge in [-0.3, -0.25) is 0 Å². The van der Waals surface area contributed by atoms with Crippen LogP contribution >= 0.6 is 0 Å². The molecule has 0 radical (unpaired) electrons. The molecule has 0 saturated heterocycles. The first kappa shape index (κ1) is 12.5. The average molecular weight is 245 g/mol. The normalized spacial score (nSPS) is 10.9. The maximum Gasteiger partial charge on any atom is 0.198 e. The first-order chi connectivity index (χ1) is 8.60. The zero-order valence-corrected chi connectivity index (χ0v) is 11.3. The summed E-state index contributed by atoms with van der Waals surface area (Å²) in [7, 11) is 3.81. The molecule has 0 saturated carbocycles. The molecule has 2 aromatic heterocycles. The monoisotopic (exact) mass is 245 g/mol. The highest BCUT2D eigenvalue weighted by atomic mass is 15.1. The van der Waals surface area contributed by atoms with E-state index in [0.29, 0.717) is 11.7 Å². The number of aromatic nitrogens is 4. The Kier molecular flexibility index (Phi) is 3.60. The Labute approximate surface area is 107 Å². The summed E-state index contributed by atoms with van der Waals surface area (Å²) in [5, 5.41) is 3.07. The molecule has 96 valence electrons. The van der Waals surface area contributed by atoms with Crippen LogP contribution < -0.4 is 5.32 Å². The molecule has 0 atom stereocenters. The van der Waals surface area contributed by atoms with Gasteiger partial charge >= 0.3 is 0 Å². The highest BCUT2D eigenvalue weighted by Gasteiger charge is 2.11. The molecule has 0 bridgehead atoms. The molecule has 5 nitrogen and oxygen atoms in total. The van der Waals surface area contributed by atoms with Crippen LogP contribution in [0, 0.1) is 5.92 Å². The zero-order valence-electron chi connectivity index (χ0n) is 11.3.